The van der Waals surface area contributed by atoms with E-state index in [2.05, 4.69) is 11.0 Å². The topological polar surface area (TPSA) is 64.8 Å². The molecule has 2 heterocycles. The predicted octanol–water partition coefficient (Wildman–Crippen LogP) is 2.98. The molecule has 2 aliphatic heterocycles. The van der Waals surface area contributed by atoms with Crippen molar-refractivity contribution in [1.82, 2.24) is 4.90 Å². The van der Waals surface area contributed by atoms with Crippen LogP contribution in [0.4, 0.5) is 0 Å². The van der Waals surface area contributed by atoms with Gasteiger partial charge in [0.25, 0.3) is 0 Å². The van der Waals surface area contributed by atoms with E-state index in [-0.39, 0.29) is 17.9 Å². The average molecular weight is 352 g/mol. The Kier molecular flexibility index (Phi) is 4.80. The lowest BCUT2D eigenvalue weighted by atomic mass is 9.96. The molecule has 4 rings (SSSR count). The third-order valence-electron chi connectivity index (χ3n) is 5.20. The molecule has 26 heavy (non-hydrogen) atoms. The smallest absolute Gasteiger partial charge is 0.220 e. The predicted molar refractivity (Wildman–Crippen MR) is 99.4 cm³/mol. The van der Waals surface area contributed by atoms with E-state index in [9.17, 15) is 4.79 Å². The van der Waals surface area contributed by atoms with Gasteiger partial charge in [-0.1, -0.05) is 18.2 Å². The second-order valence-corrected chi connectivity index (χ2v) is 7.11. The first-order chi connectivity index (χ1) is 12.7. The highest BCUT2D eigenvalue weighted by molar-refractivity contribution is 5.76. The quantitative estimate of drug-likeness (QED) is 0.898. The molecular formula is C21H24N2O3. The van der Waals surface area contributed by atoms with Crippen LogP contribution in [0.2, 0.25) is 0 Å². The van der Waals surface area contributed by atoms with Crippen LogP contribution in [0.25, 0.3) is 0 Å². The highest BCUT2D eigenvalue weighted by Crippen LogP contribution is 2.34. The number of nitrogens with two attached hydrogens (primary N) is 1. The number of carbonyl (C=O) groups is 1. The Labute approximate surface area is 153 Å². The first-order valence-corrected chi connectivity index (χ1v) is 9.21. The van der Waals surface area contributed by atoms with Crippen LogP contribution in [0.3, 0.4) is 0 Å². The number of ether oxygens (including phenoxy) is 2. The first kappa shape index (κ1) is 16.9. The molecule has 0 aliphatic carbocycles. The van der Waals surface area contributed by atoms with Crippen molar-refractivity contribution < 1.29 is 14.3 Å². The number of hydrogen-bond acceptors (Lipinski definition) is 4. The van der Waals surface area contributed by atoms with Gasteiger partial charge < -0.3 is 15.2 Å². The van der Waals surface area contributed by atoms with Crippen LogP contribution in [0, 0.1) is 5.92 Å². The van der Waals surface area contributed by atoms with Crippen LogP contribution >= 0.6 is 0 Å². The summed E-state index contributed by atoms with van der Waals surface area (Å²) < 4.78 is 12.0. The Bertz CT molecular complexity index is 770. The standard InChI is InChI=1S/C21H24N2O3/c22-21(24)15-8-10-23(11-9-15)14-19-13-16-12-18(6-7-20(16)26-19)25-17-4-2-1-3-5-17/h1-7,12,15,19H,8-11,13-14H2,(H2,22,24). The third kappa shape index (κ3) is 3.83. The van der Waals surface area contributed by atoms with E-state index in [1.807, 2.05) is 42.5 Å². The largest absolute Gasteiger partial charge is 0.488 e. The molecule has 0 spiro atoms. The minimum Gasteiger partial charge on any atom is -0.488 e. The summed E-state index contributed by atoms with van der Waals surface area (Å²) in [6.07, 6.45) is 2.74. The number of primary amides is 1. The van der Waals surface area contributed by atoms with Crippen LogP contribution in [0.5, 0.6) is 17.2 Å². The summed E-state index contributed by atoms with van der Waals surface area (Å²) in [5.74, 6) is 2.48. The number of nitrogens with zero attached hydrogens (tertiary/aromatic N) is 1. The number of para-hydroxylation sites is 1. The Morgan fingerprint density at radius 1 is 1.12 bits per heavy atom. The van der Waals surface area contributed by atoms with Gasteiger partial charge in [0.2, 0.25) is 5.91 Å². The third-order valence-corrected chi connectivity index (χ3v) is 5.20. The zero-order valence-corrected chi connectivity index (χ0v) is 14.8. The van der Waals surface area contributed by atoms with Crippen molar-refractivity contribution in [2.45, 2.75) is 25.4 Å². The number of likely N-dealkylation sites (tertiary alicyclic amines) is 1. The SMILES string of the molecule is NC(=O)C1CCN(CC2Cc3cc(Oc4ccccc4)ccc3O2)CC1. The summed E-state index contributed by atoms with van der Waals surface area (Å²) in [6.45, 7) is 2.70. The fraction of sp³-hybridized carbons (Fsp3) is 0.381. The van der Waals surface area contributed by atoms with Gasteiger partial charge in [0, 0.05) is 24.4 Å². The lowest BCUT2D eigenvalue weighted by Crippen LogP contribution is -2.42. The molecule has 136 valence electrons. The summed E-state index contributed by atoms with van der Waals surface area (Å²) in [5, 5.41) is 0. The molecule has 2 aromatic carbocycles. The number of fused-ring (bicyclic) bond motifs is 1. The van der Waals surface area contributed by atoms with Gasteiger partial charge in [0.15, 0.2) is 0 Å². The molecule has 0 aromatic heterocycles. The van der Waals surface area contributed by atoms with E-state index < -0.39 is 0 Å². The summed E-state index contributed by atoms with van der Waals surface area (Å²) in [7, 11) is 0. The van der Waals surface area contributed by atoms with Gasteiger partial charge in [0.05, 0.1) is 0 Å². The molecule has 1 fully saturated rings. The number of benzene rings is 2. The molecule has 5 nitrogen and oxygen atoms in total. The van der Waals surface area contributed by atoms with Gasteiger partial charge in [0.1, 0.15) is 23.4 Å². The zero-order valence-electron chi connectivity index (χ0n) is 14.8. The van der Waals surface area contributed by atoms with Gasteiger partial charge in [-0.15, -0.1) is 0 Å². The van der Waals surface area contributed by atoms with Gasteiger partial charge in [-0.2, -0.15) is 0 Å². The first-order valence-electron chi connectivity index (χ1n) is 9.21. The number of piperidine rings is 1. The molecule has 2 aliphatic rings. The Hall–Kier alpha value is -2.53. The fourth-order valence-electron chi connectivity index (χ4n) is 3.77. The zero-order chi connectivity index (χ0) is 17.9. The van der Waals surface area contributed by atoms with Crippen molar-refractivity contribution in [1.29, 1.82) is 0 Å². The lowest BCUT2D eigenvalue weighted by molar-refractivity contribution is -0.123. The van der Waals surface area contributed by atoms with Gasteiger partial charge in [-0.3, -0.25) is 9.69 Å². The number of rotatable bonds is 5. The molecule has 2 N–H and O–H groups in total. The molecule has 5 heteroatoms. The Morgan fingerprint density at radius 3 is 2.62 bits per heavy atom. The molecule has 2 aromatic rings. The van der Waals surface area contributed by atoms with Crippen molar-refractivity contribution in [3.63, 3.8) is 0 Å². The van der Waals surface area contributed by atoms with E-state index in [1.54, 1.807) is 0 Å². The Balaban J connectivity index is 1.33. The maximum atomic E-state index is 11.3. The second-order valence-electron chi connectivity index (χ2n) is 7.11. The number of carbonyl (C=O) groups excluding carboxylic acids is 1. The van der Waals surface area contributed by atoms with Gasteiger partial charge >= 0.3 is 0 Å². The van der Waals surface area contributed by atoms with Crippen molar-refractivity contribution in [3.8, 4) is 17.2 Å². The van der Waals surface area contributed by atoms with Crippen LogP contribution in [0.1, 0.15) is 18.4 Å². The van der Waals surface area contributed by atoms with Crippen molar-refractivity contribution in [2.24, 2.45) is 11.7 Å². The number of hydrogen-bond donors (Lipinski definition) is 1. The molecular weight excluding hydrogens is 328 g/mol. The summed E-state index contributed by atoms with van der Waals surface area (Å²) in [6, 6.07) is 15.8. The minimum absolute atomic E-state index is 0.0330. The molecule has 0 saturated carbocycles. The normalized spacial score (nSPS) is 20.4. The van der Waals surface area contributed by atoms with Crippen molar-refractivity contribution in [3.05, 3.63) is 54.1 Å². The van der Waals surface area contributed by atoms with Crippen LogP contribution in [-0.2, 0) is 11.2 Å². The second kappa shape index (κ2) is 7.38. The van der Waals surface area contributed by atoms with E-state index in [0.29, 0.717) is 0 Å². The lowest BCUT2D eigenvalue weighted by Gasteiger charge is -2.31. The molecule has 1 amide bonds. The molecule has 0 radical (unpaired) electrons. The van der Waals surface area contributed by atoms with Crippen LogP contribution in [0.15, 0.2) is 48.5 Å². The summed E-state index contributed by atoms with van der Waals surface area (Å²) in [4.78, 5) is 13.7. The van der Waals surface area contributed by atoms with E-state index in [0.717, 1.165) is 56.1 Å². The van der Waals surface area contributed by atoms with Gasteiger partial charge in [-0.25, -0.2) is 0 Å². The highest BCUT2D eigenvalue weighted by atomic mass is 16.5. The minimum atomic E-state index is -0.167. The van der Waals surface area contributed by atoms with Crippen molar-refractivity contribution >= 4 is 5.91 Å². The highest BCUT2D eigenvalue weighted by Gasteiger charge is 2.28. The van der Waals surface area contributed by atoms with E-state index >= 15 is 0 Å². The van der Waals surface area contributed by atoms with Crippen LogP contribution in [-0.4, -0.2) is 36.5 Å². The van der Waals surface area contributed by atoms with E-state index in [4.69, 9.17) is 15.2 Å². The monoisotopic (exact) mass is 352 g/mol. The average Bonchev–Trinajstić information content (AvgIpc) is 3.04. The van der Waals surface area contributed by atoms with Crippen molar-refractivity contribution in [2.75, 3.05) is 19.6 Å². The molecule has 0 bridgehead atoms. The van der Waals surface area contributed by atoms with E-state index in [1.165, 1.54) is 5.56 Å². The summed E-state index contributed by atoms with van der Waals surface area (Å²) >= 11 is 0. The molecule has 1 unspecified atom stereocenters. The fourth-order valence-corrected chi connectivity index (χ4v) is 3.77. The van der Waals surface area contributed by atoms with Crippen LogP contribution < -0.4 is 15.2 Å². The van der Waals surface area contributed by atoms with Gasteiger partial charge in [-0.05, 0) is 56.3 Å². The maximum Gasteiger partial charge on any atom is 0.220 e. The number of amides is 1. The summed E-state index contributed by atoms with van der Waals surface area (Å²) in [5.41, 5.74) is 6.60. The molecule has 1 atom stereocenters. The molecule has 1 saturated heterocycles. The Morgan fingerprint density at radius 2 is 1.88 bits per heavy atom. The maximum absolute atomic E-state index is 11.3.